The van der Waals surface area contributed by atoms with Crippen LogP contribution < -0.4 is 5.73 Å². The fraction of sp³-hybridized carbons (Fsp3) is 0.667. The van der Waals surface area contributed by atoms with Crippen molar-refractivity contribution in [3.05, 3.63) is 12.3 Å². The van der Waals surface area contributed by atoms with Gasteiger partial charge in [-0.1, -0.05) is 0 Å². The Hall–Kier alpha value is -0.640. The third-order valence-electron chi connectivity index (χ3n) is 2.68. The van der Waals surface area contributed by atoms with Gasteiger partial charge in [-0.3, -0.25) is 9.69 Å². The van der Waals surface area contributed by atoms with Crippen molar-refractivity contribution in [2.24, 2.45) is 5.73 Å². The number of aliphatic hydroxyl groups is 3. The molecule has 1 fully saturated rings. The molecule has 0 radical (unpaired) electrons. The summed E-state index contributed by atoms with van der Waals surface area (Å²) in [6.45, 7) is -0.423. The first-order chi connectivity index (χ1) is 8.04. The standard InChI is InChI=1S/C9H14N2O5S/c10-5-1-2-11(9(15)17-5)8-7(14)6(13)4(3-12)16-8/h1-2,4-8,12-14H,3,10H2/t4-,5?,6-,7-,8-/m1/s1. The molecule has 96 valence electrons. The van der Waals surface area contributed by atoms with Crippen LogP contribution in [0, 0.1) is 0 Å². The maximum atomic E-state index is 11.7. The van der Waals surface area contributed by atoms with Crippen molar-refractivity contribution < 1.29 is 24.9 Å². The van der Waals surface area contributed by atoms with Crippen LogP contribution in [-0.2, 0) is 4.74 Å². The molecule has 0 saturated carbocycles. The van der Waals surface area contributed by atoms with Crippen LogP contribution >= 0.6 is 11.8 Å². The van der Waals surface area contributed by atoms with Gasteiger partial charge in [0, 0.05) is 6.20 Å². The Morgan fingerprint density at radius 3 is 2.71 bits per heavy atom. The van der Waals surface area contributed by atoms with E-state index in [-0.39, 0.29) is 5.24 Å². The largest absolute Gasteiger partial charge is 0.394 e. The minimum absolute atomic E-state index is 0.366. The normalized spacial score (nSPS) is 42.2. The Morgan fingerprint density at radius 1 is 1.47 bits per heavy atom. The zero-order valence-corrected chi connectivity index (χ0v) is 9.66. The van der Waals surface area contributed by atoms with Gasteiger partial charge in [-0.05, 0) is 17.8 Å². The fourth-order valence-corrected chi connectivity index (χ4v) is 2.42. The molecular weight excluding hydrogens is 248 g/mol. The summed E-state index contributed by atoms with van der Waals surface area (Å²) in [5, 5.41) is 27.5. The molecule has 0 bridgehead atoms. The van der Waals surface area contributed by atoms with Crippen LogP contribution in [0.4, 0.5) is 4.79 Å². The van der Waals surface area contributed by atoms with Crippen LogP contribution in [0.1, 0.15) is 0 Å². The zero-order valence-electron chi connectivity index (χ0n) is 8.84. The number of hydrogen-bond donors (Lipinski definition) is 4. The highest BCUT2D eigenvalue weighted by Gasteiger charge is 2.46. The number of ether oxygens (including phenoxy) is 1. The molecule has 5 N–H and O–H groups in total. The molecule has 8 heteroatoms. The molecule has 5 atom stereocenters. The van der Waals surface area contributed by atoms with Crippen molar-refractivity contribution in [1.82, 2.24) is 4.90 Å². The molecule has 2 aliphatic rings. The highest BCUT2D eigenvalue weighted by molar-refractivity contribution is 8.14. The topological polar surface area (TPSA) is 116 Å². The van der Waals surface area contributed by atoms with Crippen molar-refractivity contribution >= 4 is 17.0 Å². The SMILES string of the molecule is NC1C=CN([C@@H]2O[C@H](CO)[C@@H](O)[C@H]2O)C(=O)S1. The summed E-state index contributed by atoms with van der Waals surface area (Å²) in [7, 11) is 0. The molecular formula is C9H14N2O5S. The second-order valence-corrected chi connectivity index (χ2v) is 4.96. The second kappa shape index (κ2) is 4.92. The van der Waals surface area contributed by atoms with Gasteiger partial charge in [0.25, 0.3) is 5.24 Å². The predicted molar refractivity (Wildman–Crippen MR) is 59.7 cm³/mol. The predicted octanol–water partition coefficient (Wildman–Crippen LogP) is -1.61. The first-order valence-electron chi connectivity index (χ1n) is 5.10. The van der Waals surface area contributed by atoms with Crippen molar-refractivity contribution in [1.29, 1.82) is 0 Å². The van der Waals surface area contributed by atoms with Crippen molar-refractivity contribution in [2.75, 3.05) is 6.61 Å². The maximum absolute atomic E-state index is 11.7. The van der Waals surface area contributed by atoms with Gasteiger partial charge >= 0.3 is 0 Å². The smallest absolute Gasteiger partial charge is 0.289 e. The fourth-order valence-electron chi connectivity index (χ4n) is 1.75. The Labute approximate surface area is 102 Å². The first-order valence-corrected chi connectivity index (χ1v) is 5.98. The Kier molecular flexibility index (Phi) is 3.71. The van der Waals surface area contributed by atoms with Gasteiger partial charge in [0.05, 0.1) is 12.0 Å². The molecule has 7 nitrogen and oxygen atoms in total. The number of amides is 1. The van der Waals surface area contributed by atoms with Crippen molar-refractivity contribution in [3.63, 3.8) is 0 Å². The number of thioether (sulfide) groups is 1. The molecule has 0 aliphatic carbocycles. The van der Waals surface area contributed by atoms with E-state index in [0.717, 1.165) is 16.7 Å². The minimum atomic E-state index is -1.25. The van der Waals surface area contributed by atoms with Crippen LogP contribution in [0.25, 0.3) is 0 Å². The van der Waals surface area contributed by atoms with E-state index >= 15 is 0 Å². The number of rotatable bonds is 2. The van der Waals surface area contributed by atoms with Gasteiger partial charge < -0.3 is 25.8 Å². The molecule has 2 rings (SSSR count). The Balaban J connectivity index is 2.13. The van der Waals surface area contributed by atoms with Crippen LogP contribution in [-0.4, -0.2) is 62.0 Å². The van der Waals surface area contributed by atoms with Crippen LogP contribution in [0.5, 0.6) is 0 Å². The quantitative estimate of drug-likeness (QED) is 0.473. The molecule has 2 heterocycles. The van der Waals surface area contributed by atoms with E-state index in [1.165, 1.54) is 6.20 Å². The molecule has 17 heavy (non-hydrogen) atoms. The lowest BCUT2D eigenvalue weighted by molar-refractivity contribution is -0.0622. The monoisotopic (exact) mass is 262 g/mol. The molecule has 0 aromatic carbocycles. The van der Waals surface area contributed by atoms with Crippen LogP contribution in [0.3, 0.4) is 0 Å². The van der Waals surface area contributed by atoms with E-state index in [4.69, 9.17) is 15.6 Å². The van der Waals surface area contributed by atoms with Gasteiger partial charge in [0.15, 0.2) is 6.23 Å². The van der Waals surface area contributed by atoms with E-state index in [9.17, 15) is 15.0 Å². The summed E-state index contributed by atoms with van der Waals surface area (Å²) in [6.07, 6.45) is -1.35. The maximum Gasteiger partial charge on any atom is 0.289 e. The molecule has 0 spiro atoms. The highest BCUT2D eigenvalue weighted by atomic mass is 32.2. The number of hydrogen-bond acceptors (Lipinski definition) is 7. The average Bonchev–Trinajstić information content (AvgIpc) is 2.57. The molecule has 0 aromatic heterocycles. The lowest BCUT2D eigenvalue weighted by Crippen LogP contribution is -2.45. The van der Waals surface area contributed by atoms with E-state index in [2.05, 4.69) is 0 Å². The van der Waals surface area contributed by atoms with Gasteiger partial charge in [-0.15, -0.1) is 0 Å². The van der Waals surface area contributed by atoms with Crippen LogP contribution in [0.15, 0.2) is 12.3 Å². The third-order valence-corrected chi connectivity index (χ3v) is 3.52. The van der Waals surface area contributed by atoms with E-state index < -0.39 is 36.5 Å². The van der Waals surface area contributed by atoms with E-state index in [1.807, 2.05) is 0 Å². The van der Waals surface area contributed by atoms with Crippen LogP contribution in [0.2, 0.25) is 0 Å². The number of nitrogens with zero attached hydrogens (tertiary/aromatic N) is 1. The van der Waals surface area contributed by atoms with Gasteiger partial charge in [0.1, 0.15) is 18.3 Å². The van der Waals surface area contributed by atoms with Crippen molar-refractivity contribution in [3.8, 4) is 0 Å². The number of aliphatic hydroxyl groups excluding tert-OH is 3. The summed E-state index contributed by atoms with van der Waals surface area (Å²) >= 11 is 0.891. The summed E-state index contributed by atoms with van der Waals surface area (Å²) in [5.41, 5.74) is 5.54. The molecule has 0 aromatic rings. The van der Waals surface area contributed by atoms with E-state index in [1.54, 1.807) is 6.08 Å². The first kappa shape index (κ1) is 12.8. The molecule has 1 saturated heterocycles. The van der Waals surface area contributed by atoms with Gasteiger partial charge in [-0.2, -0.15) is 0 Å². The second-order valence-electron chi connectivity index (χ2n) is 3.83. The summed E-state index contributed by atoms with van der Waals surface area (Å²) < 4.78 is 5.23. The number of nitrogens with two attached hydrogens (primary N) is 1. The Morgan fingerprint density at radius 2 is 2.18 bits per heavy atom. The summed E-state index contributed by atoms with van der Waals surface area (Å²) in [4.78, 5) is 12.8. The number of carbonyl (C=O) groups excluding carboxylic acids is 1. The average molecular weight is 262 g/mol. The summed E-state index contributed by atoms with van der Waals surface area (Å²) in [5.74, 6) is 0. The zero-order chi connectivity index (χ0) is 12.6. The Bertz CT molecular complexity index is 339. The minimum Gasteiger partial charge on any atom is -0.394 e. The van der Waals surface area contributed by atoms with E-state index in [0.29, 0.717) is 0 Å². The number of carbonyl (C=O) groups is 1. The van der Waals surface area contributed by atoms with Gasteiger partial charge in [-0.25, -0.2) is 0 Å². The third kappa shape index (κ3) is 2.32. The molecule has 1 amide bonds. The van der Waals surface area contributed by atoms with Crippen molar-refractivity contribution in [2.45, 2.75) is 29.9 Å². The summed E-state index contributed by atoms with van der Waals surface area (Å²) in [6, 6.07) is 0. The lowest BCUT2D eigenvalue weighted by Gasteiger charge is -2.30. The molecule has 2 aliphatic heterocycles. The highest BCUT2D eigenvalue weighted by Crippen LogP contribution is 2.29. The lowest BCUT2D eigenvalue weighted by atomic mass is 10.1. The van der Waals surface area contributed by atoms with Gasteiger partial charge in [0.2, 0.25) is 0 Å². The molecule has 1 unspecified atom stereocenters.